The normalized spacial score (nSPS) is 17.6. The molecule has 1 atom stereocenters. The van der Waals surface area contributed by atoms with Gasteiger partial charge in [0.25, 0.3) is 0 Å². The van der Waals surface area contributed by atoms with Crippen molar-refractivity contribution >= 4 is 32.6 Å². The summed E-state index contributed by atoms with van der Waals surface area (Å²) in [5.74, 6) is 0.725. The fourth-order valence-corrected chi connectivity index (χ4v) is 5.79. The Bertz CT molecular complexity index is 1440. The van der Waals surface area contributed by atoms with Gasteiger partial charge >= 0.3 is 0 Å². The lowest BCUT2D eigenvalue weighted by Gasteiger charge is -2.24. The summed E-state index contributed by atoms with van der Waals surface area (Å²) in [5.41, 5.74) is 7.40. The molecule has 1 saturated heterocycles. The Morgan fingerprint density at radius 1 is 1.00 bits per heavy atom. The van der Waals surface area contributed by atoms with E-state index >= 15 is 0 Å². The molecule has 0 aliphatic carbocycles. The number of nitrogens with one attached hydrogen (secondary N) is 1. The van der Waals surface area contributed by atoms with Crippen LogP contribution in [0.4, 0.5) is 17.1 Å². The van der Waals surface area contributed by atoms with E-state index in [-0.39, 0.29) is 11.0 Å². The van der Waals surface area contributed by atoms with Gasteiger partial charge in [-0.15, -0.1) is 0 Å². The van der Waals surface area contributed by atoms with Gasteiger partial charge in [0.1, 0.15) is 11.5 Å². The number of pyridine rings is 1. The van der Waals surface area contributed by atoms with E-state index in [4.69, 9.17) is 14.7 Å². The summed E-state index contributed by atoms with van der Waals surface area (Å²) >= 11 is 0. The van der Waals surface area contributed by atoms with Crippen molar-refractivity contribution in [2.24, 2.45) is 4.99 Å². The Kier molecular flexibility index (Phi) is 6.61. The number of hydrogen-bond acceptors (Lipinski definition) is 8. The third kappa shape index (κ3) is 5.32. The summed E-state index contributed by atoms with van der Waals surface area (Å²) in [6.07, 6.45) is 5.39. The van der Waals surface area contributed by atoms with Crippen LogP contribution in [-0.4, -0.2) is 41.9 Å². The summed E-state index contributed by atoms with van der Waals surface area (Å²) in [7, 11) is -3.49. The van der Waals surface area contributed by atoms with Crippen molar-refractivity contribution in [2.45, 2.75) is 63.9 Å². The van der Waals surface area contributed by atoms with Crippen LogP contribution in [0.3, 0.4) is 0 Å². The first-order chi connectivity index (χ1) is 17.2. The van der Waals surface area contributed by atoms with E-state index in [1.165, 1.54) is 6.26 Å². The SMILES string of the molecule is CC1=Nc2c(Nc3ccc(C4CCCCO4)cc3S(C)(=O)=O)cc(Cc3cc(C)nc(C)n3)nc2C1. The highest BCUT2D eigenvalue weighted by Crippen LogP contribution is 2.39. The molecule has 8 nitrogen and oxygen atoms in total. The lowest BCUT2D eigenvalue weighted by atomic mass is 10.0. The van der Waals surface area contributed by atoms with E-state index in [1.807, 2.05) is 45.0 Å². The van der Waals surface area contributed by atoms with Crippen LogP contribution >= 0.6 is 0 Å². The Hall–Kier alpha value is -3.17. The highest BCUT2D eigenvalue weighted by molar-refractivity contribution is 7.90. The summed E-state index contributed by atoms with van der Waals surface area (Å²) in [6, 6.07) is 9.44. The Morgan fingerprint density at radius 3 is 2.53 bits per heavy atom. The number of aliphatic imine (C=N–C) groups is 1. The molecule has 0 radical (unpaired) electrons. The number of aromatic nitrogens is 3. The van der Waals surface area contributed by atoms with Crippen molar-refractivity contribution in [2.75, 3.05) is 18.2 Å². The van der Waals surface area contributed by atoms with Crippen LogP contribution in [0.5, 0.6) is 0 Å². The monoisotopic (exact) mass is 505 g/mol. The van der Waals surface area contributed by atoms with Gasteiger partial charge in [-0.3, -0.25) is 9.98 Å². The van der Waals surface area contributed by atoms with E-state index in [9.17, 15) is 8.42 Å². The molecule has 9 heteroatoms. The molecule has 1 aromatic carbocycles. The van der Waals surface area contributed by atoms with Crippen LogP contribution < -0.4 is 5.32 Å². The molecular weight excluding hydrogens is 474 g/mol. The molecule has 0 amide bonds. The van der Waals surface area contributed by atoms with Crippen molar-refractivity contribution < 1.29 is 13.2 Å². The third-order valence-electron chi connectivity index (χ3n) is 6.45. The number of ether oxygens (including phenoxy) is 1. The number of hydrogen-bond donors (Lipinski definition) is 1. The van der Waals surface area contributed by atoms with E-state index < -0.39 is 9.84 Å². The van der Waals surface area contributed by atoms with E-state index in [1.54, 1.807) is 6.07 Å². The molecule has 2 aliphatic heterocycles. The number of sulfone groups is 1. The number of aryl methyl sites for hydroxylation is 2. The number of nitrogens with zero attached hydrogens (tertiary/aromatic N) is 4. The molecule has 1 fully saturated rings. The topological polar surface area (TPSA) is 106 Å². The maximum absolute atomic E-state index is 12.8. The van der Waals surface area contributed by atoms with Crippen molar-refractivity contribution in [3.63, 3.8) is 0 Å². The fraction of sp³-hybridized carbons (Fsp3) is 0.407. The van der Waals surface area contributed by atoms with Crippen LogP contribution in [-0.2, 0) is 27.4 Å². The number of rotatable bonds is 6. The molecule has 5 rings (SSSR count). The highest BCUT2D eigenvalue weighted by Gasteiger charge is 2.23. The lowest BCUT2D eigenvalue weighted by molar-refractivity contribution is 0.0148. The molecule has 4 heterocycles. The molecule has 0 spiro atoms. The average molecular weight is 506 g/mol. The molecule has 3 aromatic rings. The van der Waals surface area contributed by atoms with Crippen LogP contribution in [0.15, 0.2) is 40.2 Å². The smallest absolute Gasteiger partial charge is 0.177 e. The van der Waals surface area contributed by atoms with Crippen LogP contribution in [0.25, 0.3) is 0 Å². The third-order valence-corrected chi connectivity index (χ3v) is 7.59. The minimum absolute atomic E-state index is 0.0721. The average Bonchev–Trinajstić information content (AvgIpc) is 3.19. The molecule has 1 unspecified atom stereocenters. The van der Waals surface area contributed by atoms with E-state index in [2.05, 4.69) is 15.3 Å². The zero-order valence-corrected chi connectivity index (χ0v) is 21.9. The molecule has 0 saturated carbocycles. The first-order valence-corrected chi connectivity index (χ1v) is 14.2. The minimum atomic E-state index is -3.49. The largest absolute Gasteiger partial charge is 0.374 e. The molecule has 188 valence electrons. The highest BCUT2D eigenvalue weighted by atomic mass is 32.2. The molecule has 1 N–H and O–H groups in total. The zero-order chi connectivity index (χ0) is 25.4. The van der Waals surface area contributed by atoms with Gasteiger partial charge in [0.2, 0.25) is 0 Å². The van der Waals surface area contributed by atoms with Gasteiger partial charge in [0.05, 0.1) is 33.8 Å². The summed E-state index contributed by atoms with van der Waals surface area (Å²) < 4.78 is 31.5. The maximum atomic E-state index is 12.8. The van der Waals surface area contributed by atoms with Crippen molar-refractivity contribution in [3.05, 3.63) is 64.5 Å². The maximum Gasteiger partial charge on any atom is 0.177 e. The van der Waals surface area contributed by atoms with Gasteiger partial charge < -0.3 is 10.1 Å². The molecule has 2 aromatic heterocycles. The van der Waals surface area contributed by atoms with E-state index in [0.717, 1.165) is 70.5 Å². The quantitative estimate of drug-likeness (QED) is 0.496. The first-order valence-electron chi connectivity index (χ1n) is 12.3. The van der Waals surface area contributed by atoms with Crippen molar-refractivity contribution in [1.82, 2.24) is 15.0 Å². The van der Waals surface area contributed by atoms with Crippen LogP contribution in [0.1, 0.15) is 66.5 Å². The lowest BCUT2D eigenvalue weighted by Crippen LogP contribution is -2.13. The standard InChI is InChI=1S/C27H31N5O3S/c1-16-11-20(30-18(3)28-16)14-21-15-24(27-23(31-21)12-17(2)29-27)32-22-9-8-19(13-26(22)36(4,33)34)25-7-5-6-10-35-25/h8-9,11,13,15,25H,5-7,10,12,14H2,1-4H3,(H,31,32). The molecule has 2 aliphatic rings. The van der Waals surface area contributed by atoms with Gasteiger partial charge in [-0.1, -0.05) is 6.07 Å². The van der Waals surface area contributed by atoms with Gasteiger partial charge in [-0.25, -0.2) is 18.4 Å². The number of fused-ring (bicyclic) bond motifs is 1. The Labute approximate surface area is 212 Å². The summed E-state index contributed by atoms with van der Waals surface area (Å²) in [4.78, 5) is 18.7. The zero-order valence-electron chi connectivity index (χ0n) is 21.1. The predicted octanol–water partition coefficient (Wildman–Crippen LogP) is 5.12. The van der Waals surface area contributed by atoms with Gasteiger partial charge in [-0.05, 0) is 69.9 Å². The van der Waals surface area contributed by atoms with Gasteiger partial charge in [0, 0.05) is 42.8 Å². The minimum Gasteiger partial charge on any atom is -0.374 e. The first kappa shape index (κ1) is 24.5. The van der Waals surface area contributed by atoms with Crippen LogP contribution in [0.2, 0.25) is 0 Å². The molecule has 36 heavy (non-hydrogen) atoms. The summed E-state index contributed by atoms with van der Waals surface area (Å²) in [5, 5.41) is 3.38. The second-order valence-corrected chi connectivity index (χ2v) is 11.7. The molecular formula is C27H31N5O3S. The van der Waals surface area contributed by atoms with Gasteiger partial charge in [0.15, 0.2) is 9.84 Å². The fourth-order valence-electron chi connectivity index (χ4n) is 4.92. The number of benzene rings is 1. The van der Waals surface area contributed by atoms with Crippen molar-refractivity contribution in [3.8, 4) is 0 Å². The second kappa shape index (κ2) is 9.71. The predicted molar refractivity (Wildman–Crippen MR) is 140 cm³/mol. The van der Waals surface area contributed by atoms with Crippen LogP contribution in [0, 0.1) is 13.8 Å². The summed E-state index contributed by atoms with van der Waals surface area (Å²) in [6.45, 7) is 6.51. The number of anilines is 2. The van der Waals surface area contributed by atoms with E-state index in [0.29, 0.717) is 25.1 Å². The van der Waals surface area contributed by atoms with Crippen molar-refractivity contribution in [1.29, 1.82) is 0 Å². The Morgan fingerprint density at radius 2 is 1.81 bits per heavy atom. The Balaban J connectivity index is 1.53. The molecule has 0 bridgehead atoms. The van der Waals surface area contributed by atoms with Gasteiger partial charge in [-0.2, -0.15) is 0 Å². The second-order valence-electron chi connectivity index (χ2n) is 9.71.